The molecule has 0 saturated heterocycles. The highest BCUT2D eigenvalue weighted by Gasteiger charge is 2.01. The molecule has 1 atom stereocenters. The molecule has 0 radical (unpaired) electrons. The molecule has 0 spiro atoms. The molecule has 0 saturated carbocycles. The first-order valence-corrected chi connectivity index (χ1v) is 7.62. The van der Waals surface area contributed by atoms with Gasteiger partial charge >= 0.3 is 0 Å². The van der Waals surface area contributed by atoms with Crippen LogP contribution in [-0.4, -0.2) is 9.78 Å². The summed E-state index contributed by atoms with van der Waals surface area (Å²) >= 11 is 0. The summed E-state index contributed by atoms with van der Waals surface area (Å²) in [4.78, 5) is 11.0. The van der Waals surface area contributed by atoms with Crippen LogP contribution in [0.25, 0.3) is 0 Å². The zero-order chi connectivity index (χ0) is 15.3. The van der Waals surface area contributed by atoms with E-state index in [9.17, 15) is 4.79 Å². The van der Waals surface area contributed by atoms with E-state index in [1.54, 1.807) is 19.2 Å². The fourth-order valence-corrected chi connectivity index (χ4v) is 1.31. The van der Waals surface area contributed by atoms with Crippen molar-refractivity contribution in [1.29, 1.82) is 0 Å². The van der Waals surface area contributed by atoms with Gasteiger partial charge in [-0.05, 0) is 20.3 Å². The van der Waals surface area contributed by atoms with Crippen LogP contribution in [0.2, 0.25) is 0 Å². The maximum Gasteiger partial charge on any atom is 0.203 e. The summed E-state index contributed by atoms with van der Waals surface area (Å²) < 4.78 is 1.83. The number of unbranched alkanes of at least 4 members (excludes halogenated alkanes) is 2. The van der Waals surface area contributed by atoms with Gasteiger partial charge in [-0.3, -0.25) is 9.48 Å². The van der Waals surface area contributed by atoms with Crippen LogP contribution in [0.15, 0.2) is 17.1 Å². The minimum atomic E-state index is 0.00885. The lowest BCUT2D eigenvalue weighted by atomic mass is 10.3. The second kappa shape index (κ2) is 13.3. The van der Waals surface area contributed by atoms with Crippen LogP contribution in [0.1, 0.15) is 79.0 Å². The Morgan fingerprint density at radius 2 is 1.74 bits per heavy atom. The highest BCUT2D eigenvalue weighted by Crippen LogP contribution is 2.05. The normalized spacial score (nSPS) is 10.7. The van der Waals surface area contributed by atoms with Gasteiger partial charge in [0.15, 0.2) is 0 Å². The standard InChI is InChI=1S/C9H14N2O.C5H12.C2H6/c1-4-7(2)11-6-5-9(12)8(3)10-11;1-3-5-4-2;1-2/h5-7H,4H2,1-3H3;3-5H2,1-2H3;1-2H3. The molecule has 112 valence electrons. The number of hydrogen-bond donors (Lipinski definition) is 0. The van der Waals surface area contributed by atoms with E-state index in [0.717, 1.165) is 6.42 Å². The molecule has 0 aliphatic carbocycles. The molecule has 19 heavy (non-hydrogen) atoms. The van der Waals surface area contributed by atoms with Gasteiger partial charge in [0.1, 0.15) is 5.69 Å². The Kier molecular flexibility index (Phi) is 14.2. The maximum atomic E-state index is 11.0. The zero-order valence-corrected chi connectivity index (χ0v) is 13.9. The first-order valence-electron chi connectivity index (χ1n) is 7.62. The number of rotatable bonds is 4. The summed E-state index contributed by atoms with van der Waals surface area (Å²) in [5.74, 6) is 0. The summed E-state index contributed by atoms with van der Waals surface area (Å²) in [5, 5.41) is 4.15. The molecule has 0 fully saturated rings. The van der Waals surface area contributed by atoms with Gasteiger partial charge in [0.2, 0.25) is 5.43 Å². The number of aryl methyl sites for hydroxylation is 1. The Bertz CT molecular complexity index is 356. The molecule has 0 aliphatic heterocycles. The summed E-state index contributed by atoms with van der Waals surface area (Å²) in [6.07, 6.45) is 6.84. The monoisotopic (exact) mass is 268 g/mol. The van der Waals surface area contributed by atoms with Crippen LogP contribution in [0.4, 0.5) is 0 Å². The highest BCUT2D eigenvalue weighted by molar-refractivity contribution is 4.98. The summed E-state index contributed by atoms with van der Waals surface area (Å²) in [7, 11) is 0. The van der Waals surface area contributed by atoms with E-state index >= 15 is 0 Å². The van der Waals surface area contributed by atoms with Gasteiger partial charge < -0.3 is 0 Å². The Labute approximate surface area is 119 Å². The quantitative estimate of drug-likeness (QED) is 0.790. The third-order valence-corrected chi connectivity index (χ3v) is 2.75. The van der Waals surface area contributed by atoms with Crippen molar-refractivity contribution in [2.24, 2.45) is 0 Å². The van der Waals surface area contributed by atoms with E-state index in [1.165, 1.54) is 19.3 Å². The number of nitrogens with zero attached hydrogens (tertiary/aromatic N) is 2. The molecule has 0 aromatic carbocycles. The molecule has 1 aromatic heterocycles. The molecule has 0 N–H and O–H groups in total. The number of aromatic nitrogens is 2. The minimum absolute atomic E-state index is 0.00885. The lowest BCUT2D eigenvalue weighted by Gasteiger charge is -2.11. The van der Waals surface area contributed by atoms with Crippen molar-refractivity contribution in [3.63, 3.8) is 0 Å². The molecule has 1 heterocycles. The fourth-order valence-electron chi connectivity index (χ4n) is 1.31. The average molecular weight is 268 g/mol. The van der Waals surface area contributed by atoms with Crippen LogP contribution in [0.3, 0.4) is 0 Å². The van der Waals surface area contributed by atoms with E-state index in [0.29, 0.717) is 11.7 Å². The molecule has 0 bridgehead atoms. The average Bonchev–Trinajstić information content (AvgIpc) is 2.45. The topological polar surface area (TPSA) is 34.9 Å². The molecule has 1 aromatic rings. The summed E-state index contributed by atoms with van der Waals surface area (Å²) in [5.41, 5.74) is 0.576. The van der Waals surface area contributed by atoms with Gasteiger partial charge in [-0.25, -0.2) is 0 Å². The molecule has 0 amide bonds. The van der Waals surface area contributed by atoms with Crippen LogP contribution >= 0.6 is 0 Å². The Morgan fingerprint density at radius 1 is 1.21 bits per heavy atom. The molecule has 3 heteroatoms. The number of hydrogen-bond acceptors (Lipinski definition) is 2. The molecule has 1 unspecified atom stereocenters. The van der Waals surface area contributed by atoms with Gasteiger partial charge in [0, 0.05) is 18.3 Å². The Hall–Kier alpha value is -1.12. The van der Waals surface area contributed by atoms with Gasteiger partial charge in [-0.1, -0.05) is 53.9 Å². The molecular weight excluding hydrogens is 236 g/mol. The third kappa shape index (κ3) is 9.46. The second-order valence-corrected chi connectivity index (χ2v) is 4.36. The van der Waals surface area contributed by atoms with E-state index in [-0.39, 0.29) is 5.43 Å². The van der Waals surface area contributed by atoms with Crippen molar-refractivity contribution < 1.29 is 0 Å². The summed E-state index contributed by atoms with van der Waals surface area (Å²) in [6, 6.07) is 1.93. The highest BCUT2D eigenvalue weighted by atomic mass is 16.1. The van der Waals surface area contributed by atoms with Crippen molar-refractivity contribution in [2.75, 3.05) is 0 Å². The first-order chi connectivity index (χ1) is 9.06. The molecule has 0 aliphatic rings. The minimum Gasteiger partial charge on any atom is -0.288 e. The predicted molar refractivity (Wildman–Crippen MR) is 84.8 cm³/mol. The van der Waals surface area contributed by atoms with Crippen LogP contribution in [0.5, 0.6) is 0 Å². The fraction of sp³-hybridized carbons (Fsp3) is 0.750. The van der Waals surface area contributed by atoms with Crippen molar-refractivity contribution in [2.45, 2.75) is 80.2 Å². The second-order valence-electron chi connectivity index (χ2n) is 4.36. The lowest BCUT2D eigenvalue weighted by molar-refractivity contribution is 0.463. The maximum absolute atomic E-state index is 11.0. The van der Waals surface area contributed by atoms with Gasteiger partial charge in [-0.2, -0.15) is 5.10 Å². The van der Waals surface area contributed by atoms with E-state index in [2.05, 4.69) is 32.8 Å². The van der Waals surface area contributed by atoms with Crippen LogP contribution in [-0.2, 0) is 0 Å². The van der Waals surface area contributed by atoms with E-state index in [4.69, 9.17) is 0 Å². The Balaban J connectivity index is 0. The van der Waals surface area contributed by atoms with Crippen molar-refractivity contribution in [3.05, 3.63) is 28.2 Å². The predicted octanol–water partition coefficient (Wildman–Crippen LogP) is 4.75. The Morgan fingerprint density at radius 3 is 2.05 bits per heavy atom. The largest absolute Gasteiger partial charge is 0.288 e. The van der Waals surface area contributed by atoms with E-state index in [1.807, 2.05) is 18.5 Å². The van der Waals surface area contributed by atoms with Gasteiger partial charge in [0.05, 0.1) is 0 Å². The van der Waals surface area contributed by atoms with Crippen LogP contribution in [0, 0.1) is 6.92 Å². The first kappa shape index (κ1) is 20.2. The summed E-state index contributed by atoms with van der Waals surface area (Å²) in [6.45, 7) is 14.3. The van der Waals surface area contributed by atoms with Crippen LogP contribution < -0.4 is 5.43 Å². The molecular formula is C16H32N2O. The SMILES string of the molecule is CC.CCC(C)n1ccc(=O)c(C)n1.CCCCC. The van der Waals surface area contributed by atoms with E-state index < -0.39 is 0 Å². The van der Waals surface area contributed by atoms with Crippen molar-refractivity contribution in [1.82, 2.24) is 9.78 Å². The molecule has 3 nitrogen and oxygen atoms in total. The van der Waals surface area contributed by atoms with Gasteiger partial charge in [0.25, 0.3) is 0 Å². The smallest absolute Gasteiger partial charge is 0.203 e. The molecule has 1 rings (SSSR count). The lowest BCUT2D eigenvalue weighted by Crippen LogP contribution is -2.16. The third-order valence-electron chi connectivity index (χ3n) is 2.75. The van der Waals surface area contributed by atoms with Gasteiger partial charge in [-0.15, -0.1) is 0 Å². The van der Waals surface area contributed by atoms with Crippen molar-refractivity contribution in [3.8, 4) is 0 Å². The van der Waals surface area contributed by atoms with Crippen molar-refractivity contribution >= 4 is 0 Å². The zero-order valence-electron chi connectivity index (χ0n) is 13.9.